The second-order valence-electron chi connectivity index (χ2n) is 4.54. The lowest BCUT2D eigenvalue weighted by Gasteiger charge is -2.17. The van der Waals surface area contributed by atoms with Crippen LogP contribution in [0.4, 0.5) is 4.79 Å². The van der Waals surface area contributed by atoms with Gasteiger partial charge < -0.3 is 20.1 Å². The van der Waals surface area contributed by atoms with Crippen molar-refractivity contribution in [2.75, 3.05) is 20.2 Å². The Morgan fingerprint density at radius 1 is 1.50 bits per heavy atom. The van der Waals surface area contributed by atoms with Crippen molar-refractivity contribution in [1.82, 2.24) is 10.2 Å². The van der Waals surface area contributed by atoms with E-state index in [1.165, 1.54) is 13.2 Å². The van der Waals surface area contributed by atoms with Gasteiger partial charge in [0, 0.05) is 18.7 Å². The van der Waals surface area contributed by atoms with Gasteiger partial charge in [-0.1, -0.05) is 0 Å². The van der Waals surface area contributed by atoms with Crippen LogP contribution in [0, 0.1) is 0 Å². The average Bonchev–Trinajstić information content (AvgIpc) is 2.89. The molecule has 7 heteroatoms. The molecule has 1 aromatic rings. The van der Waals surface area contributed by atoms with Crippen LogP contribution in [0.5, 0.6) is 5.75 Å². The largest absolute Gasteiger partial charge is 0.507 e. The third-order valence-corrected chi connectivity index (χ3v) is 3.85. The molecule has 0 bridgehead atoms. The van der Waals surface area contributed by atoms with E-state index in [0.717, 1.165) is 0 Å². The van der Waals surface area contributed by atoms with Gasteiger partial charge in [0.1, 0.15) is 5.75 Å². The number of amides is 2. The summed E-state index contributed by atoms with van der Waals surface area (Å²) >= 11 is 3.17. The van der Waals surface area contributed by atoms with Crippen molar-refractivity contribution in [3.63, 3.8) is 0 Å². The number of likely N-dealkylation sites (tertiary alicyclic amines) is 1. The van der Waals surface area contributed by atoms with Crippen molar-refractivity contribution in [3.05, 3.63) is 28.2 Å². The smallest absolute Gasteiger partial charge is 0.407 e. The van der Waals surface area contributed by atoms with Gasteiger partial charge in [-0.05, 0) is 40.5 Å². The number of hydrogen-bond acceptors (Lipinski definition) is 4. The lowest BCUT2D eigenvalue weighted by Crippen LogP contribution is -2.38. The molecular formula is C13H15BrN2O4. The van der Waals surface area contributed by atoms with E-state index in [1.807, 2.05) is 0 Å². The van der Waals surface area contributed by atoms with Crippen molar-refractivity contribution < 1.29 is 19.4 Å². The van der Waals surface area contributed by atoms with E-state index in [2.05, 4.69) is 26.0 Å². The highest BCUT2D eigenvalue weighted by Gasteiger charge is 2.28. The molecule has 0 saturated carbocycles. The minimum absolute atomic E-state index is 0.0271. The first-order valence-electron chi connectivity index (χ1n) is 6.13. The van der Waals surface area contributed by atoms with Crippen LogP contribution in [-0.4, -0.2) is 48.2 Å². The minimum Gasteiger partial charge on any atom is -0.507 e. The zero-order valence-corrected chi connectivity index (χ0v) is 12.5. The summed E-state index contributed by atoms with van der Waals surface area (Å²) in [5.74, 6) is -0.138. The first-order chi connectivity index (χ1) is 9.51. The van der Waals surface area contributed by atoms with Crippen LogP contribution in [0.3, 0.4) is 0 Å². The summed E-state index contributed by atoms with van der Waals surface area (Å²) in [4.78, 5) is 25.0. The monoisotopic (exact) mass is 342 g/mol. The fourth-order valence-electron chi connectivity index (χ4n) is 2.12. The summed E-state index contributed by atoms with van der Waals surface area (Å²) in [7, 11) is 1.30. The van der Waals surface area contributed by atoms with E-state index in [-0.39, 0.29) is 17.7 Å². The highest BCUT2D eigenvalue weighted by molar-refractivity contribution is 9.10. The molecule has 1 fully saturated rings. The normalized spacial score (nSPS) is 17.9. The molecule has 1 unspecified atom stereocenters. The van der Waals surface area contributed by atoms with E-state index in [1.54, 1.807) is 17.0 Å². The Hall–Kier alpha value is -1.76. The second-order valence-corrected chi connectivity index (χ2v) is 5.39. The van der Waals surface area contributed by atoms with Crippen molar-refractivity contribution in [1.29, 1.82) is 0 Å². The Kier molecular flexibility index (Phi) is 4.49. The van der Waals surface area contributed by atoms with E-state index < -0.39 is 6.09 Å². The van der Waals surface area contributed by atoms with Gasteiger partial charge >= 0.3 is 6.09 Å². The third kappa shape index (κ3) is 3.22. The molecule has 1 aliphatic rings. The van der Waals surface area contributed by atoms with Gasteiger partial charge in [0.15, 0.2) is 0 Å². The molecule has 1 aliphatic heterocycles. The lowest BCUT2D eigenvalue weighted by atomic mass is 10.2. The molecule has 1 saturated heterocycles. The molecule has 0 aliphatic carbocycles. The summed E-state index contributed by atoms with van der Waals surface area (Å²) in [6.07, 6.45) is 0.189. The van der Waals surface area contributed by atoms with Gasteiger partial charge in [-0.25, -0.2) is 4.79 Å². The topological polar surface area (TPSA) is 78.9 Å². The van der Waals surface area contributed by atoms with E-state index >= 15 is 0 Å². The zero-order chi connectivity index (χ0) is 14.7. The number of hydrogen-bond donors (Lipinski definition) is 2. The predicted octanol–water partition coefficient (Wildman–Crippen LogP) is 1.73. The van der Waals surface area contributed by atoms with Gasteiger partial charge in [0.25, 0.3) is 5.91 Å². The molecule has 6 nitrogen and oxygen atoms in total. The number of carbonyl (C=O) groups excluding carboxylic acids is 2. The number of carbonyl (C=O) groups is 2. The molecule has 108 valence electrons. The number of aromatic hydroxyl groups is 1. The summed E-state index contributed by atoms with van der Waals surface area (Å²) < 4.78 is 5.07. The highest BCUT2D eigenvalue weighted by atomic mass is 79.9. The van der Waals surface area contributed by atoms with Crippen LogP contribution >= 0.6 is 15.9 Å². The Balaban J connectivity index is 2.00. The summed E-state index contributed by atoms with van der Waals surface area (Å²) in [5, 5.41) is 12.3. The van der Waals surface area contributed by atoms with Crippen LogP contribution in [0.15, 0.2) is 22.7 Å². The SMILES string of the molecule is COC(=O)NC1CCN(C(=O)c2ccc(Br)c(O)c2)C1. The van der Waals surface area contributed by atoms with Gasteiger partial charge in [-0.2, -0.15) is 0 Å². The van der Waals surface area contributed by atoms with E-state index in [4.69, 9.17) is 0 Å². The molecule has 2 rings (SSSR count). The molecule has 1 atom stereocenters. The maximum absolute atomic E-state index is 12.3. The molecule has 1 aromatic carbocycles. The minimum atomic E-state index is -0.495. The van der Waals surface area contributed by atoms with Gasteiger partial charge in [-0.3, -0.25) is 4.79 Å². The standard InChI is InChI=1S/C13H15BrN2O4/c1-20-13(19)15-9-4-5-16(7-9)12(18)8-2-3-10(14)11(17)6-8/h2-3,6,9,17H,4-5,7H2,1H3,(H,15,19). The number of phenols is 1. The number of rotatable bonds is 2. The molecule has 0 spiro atoms. The maximum Gasteiger partial charge on any atom is 0.407 e. The van der Waals surface area contributed by atoms with E-state index in [0.29, 0.717) is 29.5 Å². The number of methoxy groups -OCH3 is 1. The number of halogens is 1. The first kappa shape index (κ1) is 14.6. The first-order valence-corrected chi connectivity index (χ1v) is 6.93. The van der Waals surface area contributed by atoms with Crippen LogP contribution in [-0.2, 0) is 4.74 Å². The second kappa shape index (κ2) is 6.13. The van der Waals surface area contributed by atoms with Crippen LogP contribution in [0.25, 0.3) is 0 Å². The fraction of sp³-hybridized carbons (Fsp3) is 0.385. The predicted molar refractivity (Wildman–Crippen MR) is 75.7 cm³/mol. The number of ether oxygens (including phenoxy) is 1. The van der Waals surface area contributed by atoms with Gasteiger partial charge in [-0.15, -0.1) is 0 Å². The molecule has 20 heavy (non-hydrogen) atoms. The average molecular weight is 343 g/mol. The Morgan fingerprint density at radius 3 is 2.90 bits per heavy atom. The number of benzene rings is 1. The lowest BCUT2D eigenvalue weighted by molar-refractivity contribution is 0.0787. The number of nitrogens with one attached hydrogen (secondary N) is 1. The van der Waals surface area contributed by atoms with Crippen molar-refractivity contribution in [2.45, 2.75) is 12.5 Å². The molecule has 0 radical (unpaired) electrons. The molecule has 0 aromatic heterocycles. The molecule has 2 N–H and O–H groups in total. The Morgan fingerprint density at radius 2 is 2.25 bits per heavy atom. The summed E-state index contributed by atoms with van der Waals surface area (Å²) in [5.41, 5.74) is 0.421. The quantitative estimate of drug-likeness (QED) is 0.857. The van der Waals surface area contributed by atoms with Crippen molar-refractivity contribution >= 4 is 27.9 Å². The zero-order valence-electron chi connectivity index (χ0n) is 10.9. The van der Waals surface area contributed by atoms with Crippen LogP contribution < -0.4 is 5.32 Å². The molecule has 2 amide bonds. The van der Waals surface area contributed by atoms with Gasteiger partial charge in [0.05, 0.1) is 17.6 Å². The van der Waals surface area contributed by atoms with Crippen molar-refractivity contribution in [3.8, 4) is 5.75 Å². The molecule has 1 heterocycles. The molecular weight excluding hydrogens is 328 g/mol. The summed E-state index contributed by atoms with van der Waals surface area (Å²) in [6, 6.07) is 4.60. The highest BCUT2D eigenvalue weighted by Crippen LogP contribution is 2.25. The van der Waals surface area contributed by atoms with Crippen LogP contribution in [0.2, 0.25) is 0 Å². The summed E-state index contributed by atoms with van der Waals surface area (Å²) in [6.45, 7) is 0.995. The third-order valence-electron chi connectivity index (χ3n) is 3.18. The number of alkyl carbamates (subject to hydrolysis) is 1. The number of phenolic OH excluding ortho intramolecular Hbond substituents is 1. The van der Waals surface area contributed by atoms with Crippen molar-refractivity contribution in [2.24, 2.45) is 0 Å². The maximum atomic E-state index is 12.3. The fourth-order valence-corrected chi connectivity index (χ4v) is 2.36. The Labute approximate surface area is 124 Å². The number of nitrogens with zero attached hydrogens (tertiary/aromatic N) is 1. The van der Waals surface area contributed by atoms with Gasteiger partial charge in [0.2, 0.25) is 0 Å². The van der Waals surface area contributed by atoms with Crippen LogP contribution in [0.1, 0.15) is 16.8 Å². The van der Waals surface area contributed by atoms with E-state index in [9.17, 15) is 14.7 Å². The Bertz CT molecular complexity index is 535.